The molecule has 0 saturated heterocycles. The number of nitrogen functional groups attached to an aromatic ring is 1. The SMILES string of the molecule is CC(C)Oc1c(N)nsc1NCc1ncon1. The van der Waals surface area contributed by atoms with Crippen LogP contribution in [0, 0.1) is 0 Å². The van der Waals surface area contributed by atoms with Crippen LogP contribution in [-0.2, 0) is 6.54 Å². The van der Waals surface area contributed by atoms with E-state index in [-0.39, 0.29) is 6.10 Å². The number of rotatable bonds is 5. The zero-order chi connectivity index (χ0) is 12.3. The molecule has 2 rings (SSSR count). The Morgan fingerprint density at radius 2 is 2.41 bits per heavy atom. The average molecular weight is 255 g/mol. The van der Waals surface area contributed by atoms with E-state index < -0.39 is 0 Å². The van der Waals surface area contributed by atoms with Gasteiger partial charge in [0.2, 0.25) is 6.39 Å². The molecule has 92 valence electrons. The summed E-state index contributed by atoms with van der Waals surface area (Å²) in [4.78, 5) is 3.90. The maximum atomic E-state index is 5.72. The van der Waals surface area contributed by atoms with Crippen molar-refractivity contribution >= 4 is 22.4 Å². The fraction of sp³-hybridized carbons (Fsp3) is 0.444. The van der Waals surface area contributed by atoms with Crippen molar-refractivity contribution in [2.75, 3.05) is 11.1 Å². The molecular formula is C9H13N5O2S. The predicted octanol–water partition coefficient (Wildman–Crippen LogP) is 1.51. The van der Waals surface area contributed by atoms with Gasteiger partial charge in [-0.3, -0.25) is 0 Å². The molecule has 0 atom stereocenters. The molecule has 8 heteroatoms. The van der Waals surface area contributed by atoms with Crippen LogP contribution in [0.4, 0.5) is 10.8 Å². The lowest BCUT2D eigenvalue weighted by atomic mass is 10.4. The molecule has 2 heterocycles. The van der Waals surface area contributed by atoms with Gasteiger partial charge in [-0.1, -0.05) is 5.16 Å². The van der Waals surface area contributed by atoms with Gasteiger partial charge >= 0.3 is 0 Å². The number of nitrogens with two attached hydrogens (primary N) is 1. The van der Waals surface area contributed by atoms with E-state index in [9.17, 15) is 0 Å². The van der Waals surface area contributed by atoms with Gasteiger partial charge < -0.3 is 20.3 Å². The Labute approximate surface area is 102 Å². The van der Waals surface area contributed by atoms with Crippen LogP contribution >= 0.6 is 11.5 Å². The summed E-state index contributed by atoms with van der Waals surface area (Å²) >= 11 is 1.24. The van der Waals surface area contributed by atoms with Gasteiger partial charge in [-0.25, -0.2) is 0 Å². The lowest BCUT2D eigenvalue weighted by Crippen LogP contribution is -2.09. The minimum atomic E-state index is 0.0411. The topological polar surface area (TPSA) is 99.1 Å². The van der Waals surface area contributed by atoms with E-state index in [4.69, 9.17) is 10.5 Å². The molecule has 0 unspecified atom stereocenters. The first-order valence-corrected chi connectivity index (χ1v) is 5.85. The number of nitrogens with one attached hydrogen (secondary N) is 1. The molecule has 2 aromatic rings. The third kappa shape index (κ3) is 2.84. The van der Waals surface area contributed by atoms with E-state index in [0.29, 0.717) is 23.9 Å². The maximum absolute atomic E-state index is 5.72. The Bertz CT molecular complexity index is 468. The summed E-state index contributed by atoms with van der Waals surface area (Å²) in [7, 11) is 0. The summed E-state index contributed by atoms with van der Waals surface area (Å²) in [6.07, 6.45) is 1.32. The van der Waals surface area contributed by atoms with Crippen LogP contribution in [0.25, 0.3) is 0 Å². The average Bonchev–Trinajstić information content (AvgIpc) is 2.88. The van der Waals surface area contributed by atoms with Gasteiger partial charge in [0, 0.05) is 0 Å². The first-order valence-electron chi connectivity index (χ1n) is 5.07. The Balaban J connectivity index is 2.05. The summed E-state index contributed by atoms with van der Waals surface area (Å²) in [6, 6.07) is 0. The van der Waals surface area contributed by atoms with Crippen LogP contribution in [0.5, 0.6) is 5.75 Å². The molecule has 0 spiro atoms. The van der Waals surface area contributed by atoms with E-state index in [1.807, 2.05) is 13.8 Å². The van der Waals surface area contributed by atoms with Crippen molar-refractivity contribution in [1.29, 1.82) is 0 Å². The molecule has 0 aliphatic rings. The molecule has 0 bridgehead atoms. The third-order valence-corrected chi connectivity index (χ3v) is 2.64. The van der Waals surface area contributed by atoms with E-state index in [0.717, 1.165) is 5.00 Å². The van der Waals surface area contributed by atoms with E-state index in [1.165, 1.54) is 17.9 Å². The van der Waals surface area contributed by atoms with Gasteiger partial charge in [-0.2, -0.15) is 9.36 Å². The summed E-state index contributed by atoms with van der Waals surface area (Å²) < 4.78 is 14.3. The zero-order valence-corrected chi connectivity index (χ0v) is 10.3. The lowest BCUT2D eigenvalue weighted by molar-refractivity contribution is 0.245. The predicted molar refractivity (Wildman–Crippen MR) is 63.9 cm³/mol. The number of hydrogen-bond acceptors (Lipinski definition) is 8. The molecule has 0 saturated carbocycles. The number of ether oxygens (including phenoxy) is 1. The summed E-state index contributed by atoms with van der Waals surface area (Å²) in [5.41, 5.74) is 5.72. The van der Waals surface area contributed by atoms with Crippen LogP contribution in [0.15, 0.2) is 10.9 Å². The second-order valence-electron chi connectivity index (χ2n) is 3.59. The Morgan fingerprint density at radius 3 is 3.06 bits per heavy atom. The van der Waals surface area contributed by atoms with Crippen molar-refractivity contribution < 1.29 is 9.26 Å². The number of aromatic nitrogens is 3. The summed E-state index contributed by atoms with van der Waals surface area (Å²) in [6.45, 7) is 4.30. The minimum Gasteiger partial charge on any atom is -0.484 e. The molecule has 0 radical (unpaired) electrons. The second kappa shape index (κ2) is 5.00. The Morgan fingerprint density at radius 1 is 1.59 bits per heavy atom. The summed E-state index contributed by atoms with van der Waals surface area (Å²) in [5, 5.41) is 7.56. The molecule has 0 fully saturated rings. The number of hydrogen-bond donors (Lipinski definition) is 2. The minimum absolute atomic E-state index is 0.0411. The van der Waals surface area contributed by atoms with Gasteiger partial charge in [-0.05, 0) is 25.4 Å². The smallest absolute Gasteiger partial charge is 0.213 e. The highest BCUT2D eigenvalue weighted by molar-refractivity contribution is 7.11. The van der Waals surface area contributed by atoms with Crippen molar-refractivity contribution in [3.63, 3.8) is 0 Å². The molecule has 0 aromatic carbocycles. The quantitative estimate of drug-likeness (QED) is 0.835. The number of anilines is 2. The lowest BCUT2D eigenvalue weighted by Gasteiger charge is -2.10. The number of nitrogens with zero attached hydrogens (tertiary/aromatic N) is 3. The molecule has 2 aromatic heterocycles. The van der Waals surface area contributed by atoms with Crippen molar-refractivity contribution in [1.82, 2.24) is 14.5 Å². The first kappa shape index (κ1) is 11.6. The zero-order valence-electron chi connectivity index (χ0n) is 9.51. The fourth-order valence-electron chi connectivity index (χ4n) is 1.19. The standard InChI is InChI=1S/C9H13N5O2S/c1-5(2)16-7-8(10)14-17-9(7)11-3-6-12-4-15-13-6/h4-5,11H,3H2,1-2H3,(H2,10,14). The van der Waals surface area contributed by atoms with Crippen LogP contribution in [0.2, 0.25) is 0 Å². The maximum Gasteiger partial charge on any atom is 0.213 e. The van der Waals surface area contributed by atoms with E-state index >= 15 is 0 Å². The van der Waals surface area contributed by atoms with Crippen LogP contribution in [0.3, 0.4) is 0 Å². The van der Waals surface area contributed by atoms with Crippen molar-refractivity contribution in [3.05, 3.63) is 12.2 Å². The Hall–Kier alpha value is -1.83. The van der Waals surface area contributed by atoms with Crippen molar-refractivity contribution in [3.8, 4) is 5.75 Å². The molecular weight excluding hydrogens is 242 g/mol. The molecule has 7 nitrogen and oxygen atoms in total. The van der Waals surface area contributed by atoms with Crippen molar-refractivity contribution in [2.45, 2.75) is 26.5 Å². The van der Waals surface area contributed by atoms with E-state index in [2.05, 4.69) is 24.4 Å². The van der Waals surface area contributed by atoms with Gasteiger partial charge in [0.05, 0.1) is 12.6 Å². The monoisotopic (exact) mass is 255 g/mol. The molecule has 17 heavy (non-hydrogen) atoms. The van der Waals surface area contributed by atoms with E-state index in [1.54, 1.807) is 0 Å². The third-order valence-electron chi connectivity index (χ3n) is 1.84. The highest BCUT2D eigenvalue weighted by atomic mass is 32.1. The van der Waals surface area contributed by atoms with Gasteiger partial charge in [0.25, 0.3) is 0 Å². The molecule has 0 aliphatic carbocycles. The first-order chi connectivity index (χ1) is 8.16. The molecule has 3 N–H and O–H groups in total. The highest BCUT2D eigenvalue weighted by Gasteiger charge is 2.14. The molecule has 0 aliphatic heterocycles. The molecule has 0 amide bonds. The largest absolute Gasteiger partial charge is 0.484 e. The fourth-order valence-corrected chi connectivity index (χ4v) is 1.83. The Kier molecular flexibility index (Phi) is 3.43. The second-order valence-corrected chi connectivity index (χ2v) is 4.37. The van der Waals surface area contributed by atoms with Crippen LogP contribution in [0.1, 0.15) is 19.7 Å². The van der Waals surface area contributed by atoms with Crippen LogP contribution < -0.4 is 15.8 Å². The highest BCUT2D eigenvalue weighted by Crippen LogP contribution is 2.35. The summed E-state index contributed by atoms with van der Waals surface area (Å²) in [5.74, 6) is 1.53. The van der Waals surface area contributed by atoms with Crippen molar-refractivity contribution in [2.24, 2.45) is 0 Å². The normalized spacial score (nSPS) is 10.8. The van der Waals surface area contributed by atoms with Gasteiger partial charge in [0.15, 0.2) is 22.4 Å². The van der Waals surface area contributed by atoms with Gasteiger partial charge in [0.1, 0.15) is 0 Å². The van der Waals surface area contributed by atoms with Gasteiger partial charge in [-0.15, -0.1) is 0 Å². The van der Waals surface area contributed by atoms with Crippen LogP contribution in [-0.4, -0.2) is 20.6 Å².